The van der Waals surface area contributed by atoms with Crippen LogP contribution in [0, 0.1) is 0 Å². The Morgan fingerprint density at radius 1 is 0.526 bits per heavy atom. The van der Waals surface area contributed by atoms with Crippen LogP contribution in [0.3, 0.4) is 0 Å². The predicted octanol–water partition coefficient (Wildman–Crippen LogP) is 8.81. The van der Waals surface area contributed by atoms with Gasteiger partial charge in [0, 0.05) is 27.6 Å². The highest BCUT2D eigenvalue weighted by Crippen LogP contribution is 2.40. The molecule has 0 saturated carbocycles. The zero-order valence-electron chi connectivity index (χ0n) is 20.4. The summed E-state index contributed by atoms with van der Waals surface area (Å²) in [4.78, 5) is 9.97. The van der Waals surface area contributed by atoms with Crippen LogP contribution in [-0.2, 0) is 0 Å². The van der Waals surface area contributed by atoms with Crippen molar-refractivity contribution in [2.45, 2.75) is 0 Å². The Balaban J connectivity index is 1.36. The van der Waals surface area contributed by atoms with Gasteiger partial charge in [0.05, 0.1) is 16.6 Å². The molecule has 8 aromatic rings. The molecule has 0 aliphatic carbocycles. The summed E-state index contributed by atoms with van der Waals surface area (Å²) in [7, 11) is 0. The van der Waals surface area contributed by atoms with Crippen LogP contribution in [0.1, 0.15) is 0 Å². The molecular weight excluding hydrogens is 466 g/mol. The first kappa shape index (κ1) is 20.9. The van der Waals surface area contributed by atoms with Crippen molar-refractivity contribution >= 4 is 44.0 Å². The van der Waals surface area contributed by atoms with E-state index in [-0.39, 0.29) is 0 Å². The van der Waals surface area contributed by atoms with Crippen molar-refractivity contribution in [3.8, 4) is 28.2 Å². The van der Waals surface area contributed by atoms with Gasteiger partial charge in [0.2, 0.25) is 0 Å². The molecule has 4 heteroatoms. The molecule has 4 nitrogen and oxygen atoms in total. The Morgan fingerprint density at radius 2 is 1.21 bits per heavy atom. The molecule has 0 fully saturated rings. The summed E-state index contributed by atoms with van der Waals surface area (Å²) >= 11 is 0. The zero-order valence-corrected chi connectivity index (χ0v) is 20.4. The average Bonchev–Trinajstić information content (AvgIpc) is 3.55. The van der Waals surface area contributed by atoms with Crippen molar-refractivity contribution in [3.63, 3.8) is 0 Å². The molecule has 0 aliphatic rings. The van der Waals surface area contributed by atoms with Crippen LogP contribution in [0.15, 0.2) is 132 Å². The first-order valence-electron chi connectivity index (χ1n) is 12.7. The number of imidazole rings is 1. The summed E-state index contributed by atoms with van der Waals surface area (Å²) in [6.07, 6.45) is 0. The summed E-state index contributed by atoms with van der Waals surface area (Å²) in [5, 5.41) is 2.10. The van der Waals surface area contributed by atoms with E-state index in [4.69, 9.17) is 14.4 Å². The normalized spacial score (nSPS) is 11.7. The second kappa shape index (κ2) is 8.15. The zero-order chi connectivity index (χ0) is 25.1. The van der Waals surface area contributed by atoms with Crippen LogP contribution in [0.25, 0.3) is 72.2 Å². The summed E-state index contributed by atoms with van der Waals surface area (Å²) in [5.41, 5.74) is 9.85. The Labute approximate surface area is 218 Å². The summed E-state index contributed by atoms with van der Waals surface area (Å²) < 4.78 is 8.64. The van der Waals surface area contributed by atoms with Crippen molar-refractivity contribution < 1.29 is 4.42 Å². The van der Waals surface area contributed by atoms with E-state index in [0.29, 0.717) is 0 Å². The van der Waals surface area contributed by atoms with E-state index in [9.17, 15) is 0 Å². The Hall–Kier alpha value is -5.22. The number of benzene rings is 5. The molecule has 0 N–H and O–H groups in total. The summed E-state index contributed by atoms with van der Waals surface area (Å²) in [6, 6.07) is 43.7. The molecule has 0 unspecified atom stereocenters. The maximum Gasteiger partial charge on any atom is 0.162 e. The van der Waals surface area contributed by atoms with Gasteiger partial charge in [-0.25, -0.2) is 9.97 Å². The van der Waals surface area contributed by atoms with Gasteiger partial charge in [-0.1, -0.05) is 84.9 Å². The minimum Gasteiger partial charge on any atom is -0.454 e. The standard InChI is InChI=1S/C34H21N3O/c1-2-10-23(11-3-1)34-36-28-15-7-8-16-29(28)37(34)24-20-18-22(19-21-24)31-25-12-4-6-14-27(25)35-32-26-13-5-9-17-30(26)38-33(31)32/h1-21H. The van der Waals surface area contributed by atoms with Crippen molar-refractivity contribution in [2.75, 3.05) is 0 Å². The van der Waals surface area contributed by atoms with Crippen molar-refractivity contribution in [2.24, 2.45) is 0 Å². The lowest BCUT2D eigenvalue weighted by atomic mass is 9.99. The molecule has 8 rings (SSSR count). The lowest BCUT2D eigenvalue weighted by Gasteiger charge is -2.12. The number of fused-ring (bicyclic) bond motifs is 5. The number of furan rings is 1. The Morgan fingerprint density at radius 3 is 2.05 bits per heavy atom. The largest absolute Gasteiger partial charge is 0.454 e. The smallest absolute Gasteiger partial charge is 0.162 e. The van der Waals surface area contributed by atoms with Crippen LogP contribution in [-0.4, -0.2) is 14.5 Å². The van der Waals surface area contributed by atoms with E-state index in [1.165, 1.54) is 0 Å². The maximum absolute atomic E-state index is 6.41. The number of para-hydroxylation sites is 4. The average molecular weight is 488 g/mol. The van der Waals surface area contributed by atoms with Gasteiger partial charge in [-0.2, -0.15) is 0 Å². The van der Waals surface area contributed by atoms with E-state index in [1.807, 2.05) is 36.4 Å². The maximum atomic E-state index is 6.41. The molecule has 0 aliphatic heterocycles. The predicted molar refractivity (Wildman–Crippen MR) is 155 cm³/mol. The molecule has 0 amide bonds. The third-order valence-corrected chi connectivity index (χ3v) is 7.21. The van der Waals surface area contributed by atoms with Crippen LogP contribution in [0.2, 0.25) is 0 Å². The molecule has 0 radical (unpaired) electrons. The summed E-state index contributed by atoms with van der Waals surface area (Å²) in [5.74, 6) is 0.925. The van der Waals surface area contributed by atoms with Gasteiger partial charge in [-0.3, -0.25) is 4.57 Å². The number of hydrogen-bond acceptors (Lipinski definition) is 3. The van der Waals surface area contributed by atoms with E-state index in [0.717, 1.165) is 72.2 Å². The van der Waals surface area contributed by atoms with Crippen molar-refractivity contribution in [3.05, 3.63) is 127 Å². The van der Waals surface area contributed by atoms with Crippen molar-refractivity contribution in [1.82, 2.24) is 14.5 Å². The monoisotopic (exact) mass is 487 g/mol. The number of rotatable bonds is 3. The first-order chi connectivity index (χ1) is 18.8. The highest BCUT2D eigenvalue weighted by molar-refractivity contribution is 6.14. The number of pyridine rings is 1. The second-order valence-corrected chi connectivity index (χ2v) is 9.45. The fraction of sp³-hybridized carbons (Fsp3) is 0. The van der Waals surface area contributed by atoms with Gasteiger partial charge in [-0.05, 0) is 48.0 Å². The topological polar surface area (TPSA) is 43.9 Å². The first-order valence-corrected chi connectivity index (χ1v) is 12.7. The Bertz CT molecular complexity index is 2120. The molecule has 5 aromatic carbocycles. The Kier molecular flexibility index (Phi) is 4.49. The van der Waals surface area contributed by atoms with Crippen LogP contribution in [0.5, 0.6) is 0 Å². The highest BCUT2D eigenvalue weighted by Gasteiger charge is 2.18. The number of aromatic nitrogens is 3. The molecule has 0 bridgehead atoms. The molecular formula is C34H21N3O. The third kappa shape index (κ3) is 3.10. The van der Waals surface area contributed by atoms with Gasteiger partial charge in [0.1, 0.15) is 16.9 Å². The lowest BCUT2D eigenvalue weighted by molar-refractivity contribution is 0.670. The molecule has 3 heterocycles. The molecule has 0 atom stereocenters. The van der Waals surface area contributed by atoms with Gasteiger partial charge in [0.25, 0.3) is 0 Å². The summed E-state index contributed by atoms with van der Waals surface area (Å²) in [6.45, 7) is 0. The fourth-order valence-corrected chi connectivity index (χ4v) is 5.47. The molecule has 178 valence electrons. The quantitative estimate of drug-likeness (QED) is 0.250. The van der Waals surface area contributed by atoms with Crippen LogP contribution >= 0.6 is 0 Å². The molecule has 38 heavy (non-hydrogen) atoms. The van der Waals surface area contributed by atoms with E-state index in [1.54, 1.807) is 0 Å². The van der Waals surface area contributed by atoms with E-state index < -0.39 is 0 Å². The van der Waals surface area contributed by atoms with Gasteiger partial charge >= 0.3 is 0 Å². The lowest BCUT2D eigenvalue weighted by Crippen LogP contribution is -1.97. The van der Waals surface area contributed by atoms with Gasteiger partial charge in [-0.15, -0.1) is 0 Å². The molecule has 3 aromatic heterocycles. The fourth-order valence-electron chi connectivity index (χ4n) is 5.47. The van der Waals surface area contributed by atoms with Crippen LogP contribution < -0.4 is 0 Å². The highest BCUT2D eigenvalue weighted by atomic mass is 16.3. The third-order valence-electron chi connectivity index (χ3n) is 7.21. The van der Waals surface area contributed by atoms with Gasteiger partial charge in [0.15, 0.2) is 5.58 Å². The molecule has 0 spiro atoms. The second-order valence-electron chi connectivity index (χ2n) is 9.45. The van der Waals surface area contributed by atoms with E-state index >= 15 is 0 Å². The van der Waals surface area contributed by atoms with Crippen LogP contribution in [0.4, 0.5) is 0 Å². The number of nitrogens with zero attached hydrogens (tertiary/aromatic N) is 3. The number of hydrogen-bond donors (Lipinski definition) is 0. The van der Waals surface area contributed by atoms with Crippen molar-refractivity contribution in [1.29, 1.82) is 0 Å². The minimum absolute atomic E-state index is 0.815. The SMILES string of the molecule is c1ccc(-c2nc3ccccc3n2-c2ccc(-c3c4ccccc4nc4c3oc3ccccc34)cc2)cc1. The minimum atomic E-state index is 0.815. The van der Waals surface area contributed by atoms with Gasteiger partial charge < -0.3 is 4.42 Å². The molecule has 0 saturated heterocycles. The van der Waals surface area contributed by atoms with E-state index in [2.05, 4.69) is 95.6 Å².